The molecule has 3 rings (SSSR count). The van der Waals surface area contributed by atoms with Gasteiger partial charge in [-0.25, -0.2) is 24.7 Å². The predicted octanol–water partition coefficient (Wildman–Crippen LogP) is 0.909. The molecule has 108 valence electrons. The van der Waals surface area contributed by atoms with E-state index in [1.165, 1.54) is 6.07 Å². The topological polar surface area (TPSA) is 110 Å². The van der Waals surface area contributed by atoms with Gasteiger partial charge in [0.2, 0.25) is 5.96 Å². The first-order valence-electron chi connectivity index (χ1n) is 6.15. The molecule has 1 aliphatic rings. The molecular weight excluding hydrogens is 277 g/mol. The Labute approximate surface area is 119 Å². The number of anilines is 2. The number of hydroxylamine groups is 1. The molecule has 0 bridgehead atoms. The van der Waals surface area contributed by atoms with Gasteiger partial charge in [-0.2, -0.15) is 0 Å². The first-order chi connectivity index (χ1) is 10.1. The van der Waals surface area contributed by atoms with E-state index in [1.54, 1.807) is 25.1 Å². The van der Waals surface area contributed by atoms with Crippen LogP contribution in [-0.2, 0) is 4.84 Å². The summed E-state index contributed by atoms with van der Waals surface area (Å²) in [6.45, 7) is 1.76. The lowest BCUT2D eigenvalue weighted by molar-refractivity contribution is 0.0502. The molecule has 0 saturated carbocycles. The largest absolute Gasteiger partial charge is 0.379 e. The van der Waals surface area contributed by atoms with Crippen molar-refractivity contribution in [2.75, 3.05) is 11.1 Å². The molecule has 21 heavy (non-hydrogen) atoms. The van der Waals surface area contributed by atoms with Crippen LogP contribution in [-0.4, -0.2) is 27.4 Å². The zero-order valence-corrected chi connectivity index (χ0v) is 11.0. The Hall–Kier alpha value is -2.81. The minimum absolute atomic E-state index is 0.0687. The molecule has 0 spiro atoms. The lowest BCUT2D eigenvalue weighted by Crippen LogP contribution is -2.26. The zero-order valence-electron chi connectivity index (χ0n) is 11.0. The van der Waals surface area contributed by atoms with Gasteiger partial charge in [0.25, 0.3) is 0 Å². The number of nitrogen functional groups attached to an aromatic ring is 1. The monoisotopic (exact) mass is 289 g/mol. The Morgan fingerprint density at radius 1 is 1.33 bits per heavy atom. The summed E-state index contributed by atoms with van der Waals surface area (Å²) in [6, 6.07) is 6.14. The molecule has 4 N–H and O–H groups in total. The normalized spacial score (nSPS) is 17.2. The van der Waals surface area contributed by atoms with Crippen LogP contribution in [0.25, 0.3) is 11.4 Å². The fraction of sp³-hybridized carbons (Fsp3) is 0.167. The van der Waals surface area contributed by atoms with Crippen LogP contribution in [0.4, 0.5) is 16.0 Å². The fourth-order valence-electron chi connectivity index (χ4n) is 1.73. The van der Waals surface area contributed by atoms with Crippen LogP contribution in [0.2, 0.25) is 0 Å². The van der Waals surface area contributed by atoms with Crippen LogP contribution in [0.5, 0.6) is 0 Å². The lowest BCUT2D eigenvalue weighted by atomic mass is 10.2. The second-order valence-corrected chi connectivity index (χ2v) is 4.27. The third-order valence-corrected chi connectivity index (χ3v) is 2.70. The van der Waals surface area contributed by atoms with E-state index in [-0.39, 0.29) is 29.3 Å². The standard InChI is InChI=1S/C12H12FN7O/c1-6-15-12(20-21-6)17-11-9(14)18-19-10(16-11)7-4-2-3-5-8(7)13/h2-6H,1H3,(H2,14,18)(H2,15,16,17,19,20)/t6-/m0/s1. The van der Waals surface area contributed by atoms with Gasteiger partial charge in [-0.1, -0.05) is 12.1 Å². The summed E-state index contributed by atoms with van der Waals surface area (Å²) in [5.41, 5.74) is 8.51. The maximum atomic E-state index is 13.7. The second-order valence-electron chi connectivity index (χ2n) is 4.27. The van der Waals surface area contributed by atoms with Crippen molar-refractivity contribution in [1.29, 1.82) is 0 Å². The Kier molecular flexibility index (Phi) is 3.32. The summed E-state index contributed by atoms with van der Waals surface area (Å²) in [6.07, 6.45) is -0.324. The van der Waals surface area contributed by atoms with E-state index in [0.29, 0.717) is 5.96 Å². The van der Waals surface area contributed by atoms with Crippen LogP contribution in [0.1, 0.15) is 6.92 Å². The fourth-order valence-corrected chi connectivity index (χ4v) is 1.73. The molecule has 8 nitrogen and oxygen atoms in total. The molecule has 0 saturated heterocycles. The highest BCUT2D eigenvalue weighted by Gasteiger charge is 2.17. The van der Waals surface area contributed by atoms with Crippen molar-refractivity contribution in [1.82, 2.24) is 20.7 Å². The molecule has 1 aromatic carbocycles. The quantitative estimate of drug-likeness (QED) is 0.753. The van der Waals surface area contributed by atoms with Crippen LogP contribution in [0.3, 0.4) is 0 Å². The van der Waals surface area contributed by atoms with Crippen LogP contribution >= 0.6 is 0 Å². The van der Waals surface area contributed by atoms with E-state index < -0.39 is 5.82 Å². The summed E-state index contributed by atoms with van der Waals surface area (Å²) in [7, 11) is 0. The summed E-state index contributed by atoms with van der Waals surface area (Å²) in [4.78, 5) is 13.3. The number of rotatable bonds is 2. The predicted molar refractivity (Wildman–Crippen MR) is 74.4 cm³/mol. The van der Waals surface area contributed by atoms with Crippen molar-refractivity contribution in [3.05, 3.63) is 30.1 Å². The Morgan fingerprint density at radius 2 is 2.14 bits per heavy atom. The summed E-state index contributed by atoms with van der Waals surface area (Å²) in [5, 5.41) is 10.4. The third-order valence-electron chi connectivity index (χ3n) is 2.70. The highest BCUT2D eigenvalue weighted by atomic mass is 19.1. The van der Waals surface area contributed by atoms with Crippen molar-refractivity contribution in [3.63, 3.8) is 0 Å². The van der Waals surface area contributed by atoms with Crippen LogP contribution < -0.4 is 16.5 Å². The minimum atomic E-state index is -0.441. The van der Waals surface area contributed by atoms with Gasteiger partial charge in [0.15, 0.2) is 23.7 Å². The number of nitrogens with one attached hydrogen (secondary N) is 2. The highest BCUT2D eigenvalue weighted by molar-refractivity contribution is 5.94. The van der Waals surface area contributed by atoms with Gasteiger partial charge in [0.05, 0.1) is 5.56 Å². The zero-order chi connectivity index (χ0) is 14.8. The second kappa shape index (κ2) is 5.29. The van der Waals surface area contributed by atoms with Gasteiger partial charge >= 0.3 is 0 Å². The number of hydrogen-bond donors (Lipinski definition) is 3. The maximum Gasteiger partial charge on any atom is 0.224 e. The number of aromatic nitrogens is 3. The molecule has 1 aliphatic heterocycles. The van der Waals surface area contributed by atoms with E-state index in [2.05, 4.69) is 31.0 Å². The molecule has 2 heterocycles. The van der Waals surface area contributed by atoms with E-state index >= 15 is 0 Å². The third kappa shape index (κ3) is 2.72. The van der Waals surface area contributed by atoms with E-state index in [9.17, 15) is 4.39 Å². The van der Waals surface area contributed by atoms with Gasteiger partial charge in [0, 0.05) is 0 Å². The molecule has 0 radical (unpaired) electrons. The minimum Gasteiger partial charge on any atom is -0.379 e. The Morgan fingerprint density at radius 3 is 2.86 bits per heavy atom. The van der Waals surface area contributed by atoms with Crippen LogP contribution in [0, 0.1) is 5.82 Å². The molecule has 1 aromatic heterocycles. The van der Waals surface area contributed by atoms with Crippen molar-refractivity contribution in [2.24, 2.45) is 4.99 Å². The van der Waals surface area contributed by atoms with Gasteiger partial charge in [-0.3, -0.25) is 0 Å². The van der Waals surface area contributed by atoms with Gasteiger partial charge in [0.1, 0.15) is 5.82 Å². The molecule has 0 unspecified atom stereocenters. The molecule has 0 fully saturated rings. The number of benzene rings is 1. The van der Waals surface area contributed by atoms with Crippen molar-refractivity contribution >= 4 is 17.6 Å². The molecule has 2 aromatic rings. The van der Waals surface area contributed by atoms with Crippen molar-refractivity contribution in [3.8, 4) is 11.4 Å². The molecule has 1 atom stereocenters. The van der Waals surface area contributed by atoms with E-state index in [1.807, 2.05) is 0 Å². The molecular formula is C12H12FN7O. The lowest BCUT2D eigenvalue weighted by Gasteiger charge is -2.08. The van der Waals surface area contributed by atoms with Gasteiger partial charge in [-0.15, -0.1) is 10.2 Å². The first kappa shape index (κ1) is 13.2. The SMILES string of the molecule is C[C@H]1N=C(Nc2nc(-c3ccccc3F)nnc2N)NO1. The maximum absolute atomic E-state index is 13.7. The molecule has 0 aliphatic carbocycles. The van der Waals surface area contributed by atoms with Crippen molar-refractivity contribution in [2.45, 2.75) is 13.2 Å². The number of halogens is 1. The molecule has 9 heteroatoms. The number of nitrogens with two attached hydrogens (primary N) is 1. The number of hydrogen-bond acceptors (Lipinski definition) is 8. The van der Waals surface area contributed by atoms with Gasteiger partial charge < -0.3 is 11.1 Å². The average molecular weight is 289 g/mol. The van der Waals surface area contributed by atoms with E-state index in [4.69, 9.17) is 10.6 Å². The average Bonchev–Trinajstić information content (AvgIpc) is 2.87. The summed E-state index contributed by atoms with van der Waals surface area (Å²) < 4.78 is 13.7. The van der Waals surface area contributed by atoms with E-state index in [0.717, 1.165) is 0 Å². The van der Waals surface area contributed by atoms with Gasteiger partial charge in [-0.05, 0) is 19.1 Å². The summed E-state index contributed by atoms with van der Waals surface area (Å²) in [5.74, 6) is 0.307. The molecule has 0 amide bonds. The smallest absolute Gasteiger partial charge is 0.224 e. The highest BCUT2D eigenvalue weighted by Crippen LogP contribution is 2.21. The summed E-state index contributed by atoms with van der Waals surface area (Å²) >= 11 is 0. The number of aliphatic imine (C=N–C) groups is 1. The first-order valence-corrected chi connectivity index (χ1v) is 6.15. The Balaban J connectivity index is 1.93. The number of guanidine groups is 1. The van der Waals surface area contributed by atoms with Crippen molar-refractivity contribution < 1.29 is 9.23 Å². The van der Waals surface area contributed by atoms with Crippen LogP contribution in [0.15, 0.2) is 29.3 Å². The number of nitrogens with zero attached hydrogens (tertiary/aromatic N) is 4. The Bertz CT molecular complexity index is 706.